The van der Waals surface area contributed by atoms with E-state index in [9.17, 15) is 4.79 Å². The van der Waals surface area contributed by atoms with Crippen LogP contribution >= 0.6 is 0 Å². The van der Waals surface area contributed by atoms with Crippen molar-refractivity contribution < 1.29 is 4.79 Å². The van der Waals surface area contributed by atoms with Gasteiger partial charge in [0, 0.05) is 11.5 Å². The average molecular weight is 351 g/mol. The number of carbonyl (C=O) groups is 1. The number of carbonyl (C=O) groups excluding carboxylic acids is 1. The van der Waals surface area contributed by atoms with Crippen molar-refractivity contribution >= 4 is 16.9 Å². The molecular weight excluding hydrogens is 322 g/mol. The molecule has 1 aromatic heterocycles. The van der Waals surface area contributed by atoms with Gasteiger partial charge in [0.05, 0.1) is 27.8 Å². The van der Waals surface area contributed by atoms with Gasteiger partial charge in [0.1, 0.15) is 0 Å². The first kappa shape index (κ1) is 17.4. The molecule has 2 atom stereocenters. The SMILES string of the molecule is Cc1cc2nc3c(nc2cc1C)C1(C(=O)NC(C)C)CCC3(C)C1(C)C. The molecule has 0 radical (unpaired) electrons. The normalized spacial score (nSPS) is 28.6. The molecule has 0 spiro atoms. The minimum Gasteiger partial charge on any atom is -0.353 e. The van der Waals surface area contributed by atoms with Gasteiger partial charge in [-0.25, -0.2) is 9.97 Å². The molecular formula is C22H29N3O. The van der Waals surface area contributed by atoms with Crippen molar-refractivity contribution in [1.29, 1.82) is 0 Å². The van der Waals surface area contributed by atoms with Gasteiger partial charge < -0.3 is 5.32 Å². The molecule has 2 bridgehead atoms. The molecule has 26 heavy (non-hydrogen) atoms. The van der Waals surface area contributed by atoms with Gasteiger partial charge >= 0.3 is 0 Å². The molecule has 1 amide bonds. The maximum atomic E-state index is 13.4. The Labute approximate surface area is 155 Å². The maximum Gasteiger partial charge on any atom is 0.233 e. The highest BCUT2D eigenvalue weighted by atomic mass is 16.2. The fourth-order valence-corrected chi connectivity index (χ4v) is 5.25. The van der Waals surface area contributed by atoms with Gasteiger partial charge in [-0.3, -0.25) is 4.79 Å². The van der Waals surface area contributed by atoms with E-state index in [1.807, 2.05) is 13.8 Å². The highest BCUT2D eigenvalue weighted by Gasteiger charge is 2.73. The van der Waals surface area contributed by atoms with Crippen LogP contribution < -0.4 is 5.32 Å². The summed E-state index contributed by atoms with van der Waals surface area (Å²) < 4.78 is 0. The summed E-state index contributed by atoms with van der Waals surface area (Å²) in [6.07, 6.45) is 1.82. The van der Waals surface area contributed by atoms with Gasteiger partial charge in [0.2, 0.25) is 5.91 Å². The molecule has 2 aliphatic rings. The predicted octanol–water partition coefficient (Wildman–Crippen LogP) is 4.10. The van der Waals surface area contributed by atoms with Crippen LogP contribution in [0.5, 0.6) is 0 Å². The lowest BCUT2D eigenvalue weighted by molar-refractivity contribution is -0.131. The lowest BCUT2D eigenvalue weighted by Gasteiger charge is -2.39. The topological polar surface area (TPSA) is 54.9 Å². The maximum absolute atomic E-state index is 13.4. The first-order chi connectivity index (χ1) is 12.0. The second-order valence-electron chi connectivity index (χ2n) is 9.34. The number of rotatable bonds is 2. The van der Waals surface area contributed by atoms with Crippen molar-refractivity contribution in [2.24, 2.45) is 5.41 Å². The number of nitrogens with one attached hydrogen (secondary N) is 1. The lowest BCUT2D eigenvalue weighted by atomic mass is 9.63. The van der Waals surface area contributed by atoms with E-state index in [1.165, 1.54) is 11.1 Å². The third kappa shape index (κ3) is 1.83. The minimum absolute atomic E-state index is 0.109. The molecule has 0 aliphatic heterocycles. The Kier molecular flexibility index (Phi) is 3.39. The summed E-state index contributed by atoms with van der Waals surface area (Å²) in [6, 6.07) is 4.34. The van der Waals surface area contributed by atoms with Gasteiger partial charge in [-0.2, -0.15) is 0 Å². The second kappa shape index (κ2) is 5.05. The molecule has 4 nitrogen and oxygen atoms in total. The zero-order valence-corrected chi connectivity index (χ0v) is 16.9. The van der Waals surface area contributed by atoms with Gasteiger partial charge in [-0.15, -0.1) is 0 Å². The van der Waals surface area contributed by atoms with E-state index in [1.54, 1.807) is 0 Å². The summed E-state index contributed by atoms with van der Waals surface area (Å²) in [5.74, 6) is 0.109. The summed E-state index contributed by atoms with van der Waals surface area (Å²) in [4.78, 5) is 23.6. The van der Waals surface area contributed by atoms with Crippen molar-refractivity contribution in [3.63, 3.8) is 0 Å². The molecule has 138 valence electrons. The Bertz CT molecular complexity index is 946. The van der Waals surface area contributed by atoms with Crippen molar-refractivity contribution in [3.05, 3.63) is 34.6 Å². The highest BCUT2D eigenvalue weighted by molar-refractivity contribution is 5.93. The van der Waals surface area contributed by atoms with E-state index in [2.05, 4.69) is 52.1 Å². The van der Waals surface area contributed by atoms with Gasteiger partial charge in [0.15, 0.2) is 0 Å². The Balaban J connectivity index is 2.03. The number of fused-ring (bicyclic) bond motifs is 6. The van der Waals surface area contributed by atoms with Crippen molar-refractivity contribution in [3.8, 4) is 0 Å². The highest BCUT2D eigenvalue weighted by Crippen LogP contribution is 2.70. The van der Waals surface area contributed by atoms with E-state index < -0.39 is 5.41 Å². The first-order valence-electron chi connectivity index (χ1n) is 9.65. The van der Waals surface area contributed by atoms with Crippen LogP contribution in [-0.2, 0) is 15.6 Å². The third-order valence-electron chi connectivity index (χ3n) is 7.46. The van der Waals surface area contributed by atoms with Gasteiger partial charge in [-0.05, 0) is 69.2 Å². The Morgan fingerprint density at radius 3 is 2.08 bits per heavy atom. The predicted molar refractivity (Wildman–Crippen MR) is 104 cm³/mol. The van der Waals surface area contributed by atoms with E-state index in [4.69, 9.17) is 9.97 Å². The molecule has 1 N–H and O–H groups in total. The number of hydrogen-bond acceptors (Lipinski definition) is 3. The number of hydrogen-bond donors (Lipinski definition) is 1. The first-order valence-corrected chi connectivity index (χ1v) is 9.65. The van der Waals surface area contributed by atoms with Crippen molar-refractivity contribution in [2.45, 2.75) is 78.2 Å². The van der Waals surface area contributed by atoms with Crippen LogP contribution in [0.3, 0.4) is 0 Å². The van der Waals surface area contributed by atoms with Crippen LogP contribution in [0.2, 0.25) is 0 Å². The zero-order valence-electron chi connectivity index (χ0n) is 16.9. The molecule has 2 unspecified atom stereocenters. The van der Waals surface area contributed by atoms with E-state index in [0.717, 1.165) is 35.3 Å². The molecule has 1 fully saturated rings. The third-order valence-corrected chi connectivity index (χ3v) is 7.46. The summed E-state index contributed by atoms with van der Waals surface area (Å²) in [6.45, 7) is 15.0. The van der Waals surface area contributed by atoms with Gasteiger partial charge in [0.25, 0.3) is 0 Å². The smallest absolute Gasteiger partial charge is 0.233 e. The summed E-state index contributed by atoms with van der Waals surface area (Å²) in [5.41, 5.74) is 5.27. The van der Waals surface area contributed by atoms with E-state index in [-0.39, 0.29) is 22.8 Å². The Morgan fingerprint density at radius 2 is 1.54 bits per heavy atom. The Hall–Kier alpha value is -1.97. The lowest BCUT2D eigenvalue weighted by Crippen LogP contribution is -2.52. The minimum atomic E-state index is -0.596. The standard InChI is InChI=1S/C22H29N3O/c1-12(2)23-19(26)22-9-8-21(7,20(22,5)6)17-18(22)25-16-11-14(4)13(3)10-15(16)24-17/h10-12H,8-9H2,1-7H3,(H,23,26). The number of benzene rings is 1. The van der Waals surface area contributed by atoms with Crippen molar-refractivity contribution in [2.75, 3.05) is 0 Å². The molecule has 2 aliphatic carbocycles. The fourth-order valence-electron chi connectivity index (χ4n) is 5.25. The quantitative estimate of drug-likeness (QED) is 0.886. The molecule has 0 saturated heterocycles. The monoisotopic (exact) mass is 351 g/mol. The van der Waals surface area contributed by atoms with Crippen molar-refractivity contribution in [1.82, 2.24) is 15.3 Å². The molecule has 4 heteroatoms. The van der Waals surface area contributed by atoms with Crippen LogP contribution in [0.25, 0.3) is 11.0 Å². The number of nitrogens with zero attached hydrogens (tertiary/aromatic N) is 2. The Morgan fingerprint density at radius 1 is 1.00 bits per heavy atom. The van der Waals surface area contributed by atoms with Gasteiger partial charge in [-0.1, -0.05) is 20.8 Å². The summed E-state index contributed by atoms with van der Waals surface area (Å²) in [5, 5.41) is 3.18. The molecule has 1 saturated carbocycles. The number of aromatic nitrogens is 2. The van der Waals surface area contributed by atoms with Crippen LogP contribution in [0.1, 0.15) is 70.0 Å². The molecule has 1 heterocycles. The number of aryl methyl sites for hydroxylation is 2. The van der Waals surface area contributed by atoms with E-state index in [0.29, 0.717) is 0 Å². The number of amides is 1. The van der Waals surface area contributed by atoms with Crippen LogP contribution in [0.15, 0.2) is 12.1 Å². The zero-order chi connectivity index (χ0) is 19.1. The molecule has 2 aromatic rings. The van der Waals surface area contributed by atoms with Crippen LogP contribution in [0, 0.1) is 19.3 Å². The largest absolute Gasteiger partial charge is 0.353 e. The molecule has 1 aromatic carbocycles. The second-order valence-corrected chi connectivity index (χ2v) is 9.34. The fraction of sp³-hybridized carbons (Fsp3) is 0.591. The summed E-state index contributed by atoms with van der Waals surface area (Å²) >= 11 is 0. The van der Waals surface area contributed by atoms with Crippen LogP contribution in [0.4, 0.5) is 0 Å². The van der Waals surface area contributed by atoms with E-state index >= 15 is 0 Å². The van der Waals surface area contributed by atoms with Crippen LogP contribution in [-0.4, -0.2) is 21.9 Å². The molecule has 4 rings (SSSR count). The summed E-state index contributed by atoms with van der Waals surface area (Å²) in [7, 11) is 0. The average Bonchev–Trinajstić information content (AvgIpc) is 2.83.